The van der Waals surface area contributed by atoms with E-state index in [-0.39, 0.29) is 10.8 Å². The minimum atomic E-state index is -3.59. The minimum Gasteiger partial charge on any atom is -0.321 e. The normalized spacial score (nSPS) is 16.0. The number of likely N-dealkylation sites (N-methyl/N-ethyl adjacent to an activating group) is 1. The van der Waals surface area contributed by atoms with Gasteiger partial charge in [0.25, 0.3) is 5.91 Å². The molecule has 0 unspecified atom stereocenters. The Morgan fingerprint density at radius 3 is 2.66 bits per heavy atom. The molecule has 0 bridgehead atoms. The van der Waals surface area contributed by atoms with E-state index in [0.717, 1.165) is 10.6 Å². The molecule has 1 aromatic carbocycles. The molecular formula is C19H20N4O3S3. The Morgan fingerprint density at radius 1 is 1.14 bits per heavy atom. The second-order valence-electron chi connectivity index (χ2n) is 6.74. The zero-order valence-corrected chi connectivity index (χ0v) is 18.2. The van der Waals surface area contributed by atoms with Crippen LogP contribution in [0.1, 0.15) is 10.5 Å². The maximum absolute atomic E-state index is 12.9. The van der Waals surface area contributed by atoms with Crippen LogP contribution < -0.4 is 5.32 Å². The largest absolute Gasteiger partial charge is 0.321 e. The van der Waals surface area contributed by atoms with Gasteiger partial charge in [-0.3, -0.25) is 4.79 Å². The Bertz CT molecular complexity index is 1100. The van der Waals surface area contributed by atoms with Gasteiger partial charge < -0.3 is 10.2 Å². The number of piperazine rings is 1. The molecule has 1 fully saturated rings. The van der Waals surface area contributed by atoms with E-state index >= 15 is 0 Å². The molecule has 152 valence electrons. The maximum Gasteiger partial charge on any atom is 0.275 e. The van der Waals surface area contributed by atoms with Crippen LogP contribution in [-0.4, -0.2) is 61.7 Å². The zero-order chi connectivity index (χ0) is 20.4. The molecule has 3 heterocycles. The van der Waals surface area contributed by atoms with E-state index in [0.29, 0.717) is 37.6 Å². The van der Waals surface area contributed by atoms with Crippen LogP contribution in [-0.2, 0) is 10.0 Å². The first-order valence-electron chi connectivity index (χ1n) is 9.02. The van der Waals surface area contributed by atoms with Gasteiger partial charge in [0.05, 0.1) is 4.90 Å². The molecule has 1 aliphatic rings. The molecule has 3 aromatic rings. The van der Waals surface area contributed by atoms with Crippen LogP contribution in [0.3, 0.4) is 0 Å². The van der Waals surface area contributed by atoms with Crippen LogP contribution >= 0.6 is 22.7 Å². The van der Waals surface area contributed by atoms with Crippen molar-refractivity contribution in [3.8, 4) is 10.6 Å². The van der Waals surface area contributed by atoms with E-state index in [1.165, 1.54) is 21.7 Å². The lowest BCUT2D eigenvalue weighted by Gasteiger charge is -2.31. The third-order valence-electron chi connectivity index (χ3n) is 4.70. The minimum absolute atomic E-state index is 0.178. The van der Waals surface area contributed by atoms with Gasteiger partial charge >= 0.3 is 0 Å². The van der Waals surface area contributed by atoms with Crippen molar-refractivity contribution in [3.05, 3.63) is 52.2 Å². The van der Waals surface area contributed by atoms with Gasteiger partial charge in [0, 0.05) is 48.2 Å². The van der Waals surface area contributed by atoms with Gasteiger partial charge in [-0.15, -0.1) is 11.3 Å². The lowest BCUT2D eigenvalue weighted by atomic mass is 10.3. The standard InChI is InChI=1S/C19H20N4O3S3/c1-22-6-8-23(9-7-22)29(25,26)16-4-2-3-15(11-16)20-18(24)17-13-28-19(21-17)14-5-10-27-12-14/h2-5,10-13H,6-9H2,1H3,(H,20,24). The number of anilines is 1. The molecule has 2 aromatic heterocycles. The molecule has 1 aliphatic heterocycles. The van der Waals surface area contributed by atoms with E-state index in [1.54, 1.807) is 34.9 Å². The van der Waals surface area contributed by atoms with Gasteiger partial charge in [0.15, 0.2) is 0 Å². The van der Waals surface area contributed by atoms with Crippen LogP contribution in [0.5, 0.6) is 0 Å². The molecule has 10 heteroatoms. The highest BCUT2D eigenvalue weighted by atomic mass is 32.2. The fraction of sp³-hybridized carbons (Fsp3) is 0.263. The molecule has 1 amide bonds. The highest BCUT2D eigenvalue weighted by molar-refractivity contribution is 7.89. The summed E-state index contributed by atoms with van der Waals surface area (Å²) < 4.78 is 27.3. The quantitative estimate of drug-likeness (QED) is 0.649. The van der Waals surface area contributed by atoms with Crippen LogP contribution in [0.2, 0.25) is 0 Å². The lowest BCUT2D eigenvalue weighted by Crippen LogP contribution is -2.47. The summed E-state index contributed by atoms with van der Waals surface area (Å²) in [4.78, 5) is 19.2. The number of nitrogens with one attached hydrogen (secondary N) is 1. The fourth-order valence-electron chi connectivity index (χ4n) is 3.00. The summed E-state index contributed by atoms with van der Waals surface area (Å²) in [5, 5.41) is 9.18. The summed E-state index contributed by atoms with van der Waals surface area (Å²) in [6.45, 7) is 2.32. The van der Waals surface area contributed by atoms with Gasteiger partial charge in [-0.2, -0.15) is 15.6 Å². The number of amides is 1. The Balaban J connectivity index is 1.49. The smallest absolute Gasteiger partial charge is 0.275 e. The number of carbonyl (C=O) groups excluding carboxylic acids is 1. The molecule has 29 heavy (non-hydrogen) atoms. The topological polar surface area (TPSA) is 82.6 Å². The summed E-state index contributed by atoms with van der Waals surface area (Å²) in [7, 11) is -1.62. The number of benzene rings is 1. The van der Waals surface area contributed by atoms with E-state index in [4.69, 9.17) is 0 Å². The van der Waals surface area contributed by atoms with E-state index in [1.807, 2.05) is 23.9 Å². The summed E-state index contributed by atoms with van der Waals surface area (Å²) in [5.41, 5.74) is 1.72. The Hall–Kier alpha value is -2.11. The lowest BCUT2D eigenvalue weighted by molar-refractivity contribution is 0.102. The van der Waals surface area contributed by atoms with Crippen molar-refractivity contribution < 1.29 is 13.2 Å². The van der Waals surface area contributed by atoms with Gasteiger partial charge in [-0.1, -0.05) is 6.07 Å². The van der Waals surface area contributed by atoms with Crippen molar-refractivity contribution in [2.75, 3.05) is 38.5 Å². The third kappa shape index (κ3) is 4.41. The monoisotopic (exact) mass is 448 g/mol. The Kier molecular flexibility index (Phi) is 5.79. The third-order valence-corrected chi connectivity index (χ3v) is 8.17. The second-order valence-corrected chi connectivity index (χ2v) is 10.3. The molecule has 0 spiro atoms. The number of aromatic nitrogens is 1. The first-order chi connectivity index (χ1) is 13.9. The van der Waals surface area contributed by atoms with Crippen molar-refractivity contribution in [1.29, 1.82) is 0 Å². The van der Waals surface area contributed by atoms with E-state index in [2.05, 4.69) is 15.2 Å². The van der Waals surface area contributed by atoms with Gasteiger partial charge in [0.2, 0.25) is 10.0 Å². The molecule has 7 nitrogen and oxygen atoms in total. The number of rotatable bonds is 5. The predicted molar refractivity (Wildman–Crippen MR) is 116 cm³/mol. The zero-order valence-electron chi connectivity index (χ0n) is 15.7. The van der Waals surface area contributed by atoms with Crippen molar-refractivity contribution in [1.82, 2.24) is 14.2 Å². The fourth-order valence-corrected chi connectivity index (χ4v) is 5.98. The summed E-state index contributed by atoms with van der Waals surface area (Å²) in [6, 6.07) is 8.32. The summed E-state index contributed by atoms with van der Waals surface area (Å²) in [5.74, 6) is -0.364. The number of hydrogen-bond donors (Lipinski definition) is 1. The molecular weight excluding hydrogens is 428 g/mol. The van der Waals surface area contributed by atoms with Crippen LogP contribution in [0.15, 0.2) is 51.4 Å². The highest BCUT2D eigenvalue weighted by Gasteiger charge is 2.27. The number of nitrogens with zero attached hydrogens (tertiary/aromatic N) is 3. The van der Waals surface area contributed by atoms with Crippen molar-refractivity contribution >= 4 is 44.3 Å². The molecule has 0 radical (unpaired) electrons. The summed E-state index contributed by atoms with van der Waals surface area (Å²) in [6.07, 6.45) is 0. The van der Waals surface area contributed by atoms with Gasteiger partial charge in [-0.25, -0.2) is 13.4 Å². The molecule has 1 N–H and O–H groups in total. The second kappa shape index (κ2) is 8.33. The molecule has 0 aliphatic carbocycles. The Morgan fingerprint density at radius 2 is 1.93 bits per heavy atom. The number of sulfonamides is 1. The van der Waals surface area contributed by atoms with Crippen LogP contribution in [0.25, 0.3) is 10.6 Å². The van der Waals surface area contributed by atoms with Crippen molar-refractivity contribution in [2.24, 2.45) is 0 Å². The first kappa shape index (κ1) is 20.2. The number of thiophene rings is 1. The average molecular weight is 449 g/mol. The summed E-state index contributed by atoms with van der Waals surface area (Å²) >= 11 is 2.97. The maximum atomic E-state index is 12.9. The van der Waals surface area contributed by atoms with E-state index in [9.17, 15) is 13.2 Å². The Labute approximate surface area is 177 Å². The highest BCUT2D eigenvalue weighted by Crippen LogP contribution is 2.26. The van der Waals surface area contributed by atoms with Gasteiger partial charge in [-0.05, 0) is 36.7 Å². The SMILES string of the molecule is CN1CCN(S(=O)(=O)c2cccc(NC(=O)c3csc(-c4ccsc4)n3)c2)CC1. The number of hydrogen-bond acceptors (Lipinski definition) is 7. The average Bonchev–Trinajstić information content (AvgIpc) is 3.40. The first-order valence-corrected chi connectivity index (χ1v) is 12.3. The van der Waals surface area contributed by atoms with Gasteiger partial charge in [0.1, 0.15) is 10.7 Å². The van der Waals surface area contributed by atoms with Crippen molar-refractivity contribution in [3.63, 3.8) is 0 Å². The van der Waals surface area contributed by atoms with Crippen molar-refractivity contribution in [2.45, 2.75) is 4.90 Å². The molecule has 0 atom stereocenters. The number of carbonyl (C=O) groups is 1. The predicted octanol–water partition coefficient (Wildman–Crippen LogP) is 3.06. The molecule has 0 saturated carbocycles. The van der Waals surface area contributed by atoms with Crippen LogP contribution in [0.4, 0.5) is 5.69 Å². The van der Waals surface area contributed by atoms with E-state index < -0.39 is 10.0 Å². The number of thiazole rings is 1. The van der Waals surface area contributed by atoms with Crippen LogP contribution in [0, 0.1) is 0 Å². The molecule has 4 rings (SSSR count). The molecule has 1 saturated heterocycles.